The highest BCUT2D eigenvalue weighted by atomic mass is 16.5. The Bertz CT molecular complexity index is 840. The highest BCUT2D eigenvalue weighted by Gasteiger charge is 2.07. The number of nitrogens with zero attached hydrogens (tertiary/aromatic N) is 2. The smallest absolute Gasteiger partial charge is 0.123 e. The summed E-state index contributed by atoms with van der Waals surface area (Å²) in [5.74, 6) is 0.899. The van der Waals surface area contributed by atoms with Crippen LogP contribution >= 0.6 is 0 Å². The summed E-state index contributed by atoms with van der Waals surface area (Å²) in [5.41, 5.74) is 4.18. The Hall–Kier alpha value is -2.73. The van der Waals surface area contributed by atoms with Crippen molar-refractivity contribution in [2.45, 2.75) is 13.5 Å². The van der Waals surface area contributed by atoms with Crippen molar-refractivity contribution < 1.29 is 4.74 Å². The summed E-state index contributed by atoms with van der Waals surface area (Å²) < 4.78 is 7.62. The molecule has 2 aromatic carbocycles. The average Bonchev–Trinajstić information content (AvgIpc) is 2.90. The predicted molar refractivity (Wildman–Crippen MR) is 83.5 cm³/mol. The van der Waals surface area contributed by atoms with Crippen LogP contribution in [0.3, 0.4) is 0 Å². The molecule has 3 aromatic rings. The standard InChI is InChI=1S/C18H16N2O/c1-13-3-6-18(21-2)16(9-13)12-20-8-7-15-10-14(11-19)4-5-17(15)20/h3-10H,12H2,1-2H3. The summed E-state index contributed by atoms with van der Waals surface area (Å²) in [6, 6.07) is 16.2. The van der Waals surface area contributed by atoms with Crippen LogP contribution in [0.1, 0.15) is 16.7 Å². The van der Waals surface area contributed by atoms with Crippen LogP contribution in [0.5, 0.6) is 5.75 Å². The monoisotopic (exact) mass is 276 g/mol. The first kappa shape index (κ1) is 13.3. The van der Waals surface area contributed by atoms with Gasteiger partial charge < -0.3 is 9.30 Å². The molecule has 0 spiro atoms. The Morgan fingerprint density at radius 2 is 2.00 bits per heavy atom. The minimum atomic E-state index is 0.688. The predicted octanol–water partition coefficient (Wildman–Crippen LogP) is 3.88. The molecule has 1 heterocycles. The molecule has 0 bridgehead atoms. The zero-order valence-corrected chi connectivity index (χ0v) is 12.1. The number of aryl methyl sites for hydroxylation is 1. The largest absolute Gasteiger partial charge is 0.496 e. The lowest BCUT2D eigenvalue weighted by molar-refractivity contribution is 0.408. The minimum absolute atomic E-state index is 0.688. The average molecular weight is 276 g/mol. The molecule has 0 N–H and O–H groups in total. The molecule has 3 heteroatoms. The molecule has 0 unspecified atom stereocenters. The lowest BCUT2D eigenvalue weighted by Crippen LogP contribution is -2.01. The van der Waals surface area contributed by atoms with Crippen molar-refractivity contribution in [3.8, 4) is 11.8 Å². The summed E-state index contributed by atoms with van der Waals surface area (Å²) >= 11 is 0. The van der Waals surface area contributed by atoms with E-state index in [0.717, 1.165) is 28.8 Å². The van der Waals surface area contributed by atoms with Gasteiger partial charge in [0.2, 0.25) is 0 Å². The summed E-state index contributed by atoms with van der Waals surface area (Å²) in [7, 11) is 1.70. The fourth-order valence-electron chi connectivity index (χ4n) is 2.62. The number of nitriles is 1. The van der Waals surface area contributed by atoms with E-state index in [9.17, 15) is 0 Å². The van der Waals surface area contributed by atoms with Gasteiger partial charge in [-0.2, -0.15) is 5.26 Å². The van der Waals surface area contributed by atoms with E-state index in [-0.39, 0.29) is 0 Å². The first-order valence-corrected chi connectivity index (χ1v) is 6.84. The second-order valence-corrected chi connectivity index (χ2v) is 5.14. The van der Waals surface area contributed by atoms with E-state index in [1.165, 1.54) is 5.56 Å². The molecule has 104 valence electrons. The molecule has 3 rings (SSSR count). The molecular formula is C18H16N2O. The summed E-state index contributed by atoms with van der Waals surface area (Å²) in [5, 5.41) is 10.0. The third kappa shape index (κ3) is 2.48. The topological polar surface area (TPSA) is 38.0 Å². The van der Waals surface area contributed by atoms with E-state index >= 15 is 0 Å². The van der Waals surface area contributed by atoms with Crippen molar-refractivity contribution in [2.75, 3.05) is 7.11 Å². The van der Waals surface area contributed by atoms with Crippen LogP contribution in [0.25, 0.3) is 10.9 Å². The van der Waals surface area contributed by atoms with Crippen LogP contribution in [0.15, 0.2) is 48.7 Å². The van der Waals surface area contributed by atoms with Gasteiger partial charge in [-0.25, -0.2) is 0 Å². The minimum Gasteiger partial charge on any atom is -0.496 e. The van der Waals surface area contributed by atoms with Gasteiger partial charge in [0.1, 0.15) is 5.75 Å². The molecule has 0 fully saturated rings. The number of ether oxygens (including phenoxy) is 1. The van der Waals surface area contributed by atoms with Gasteiger partial charge in [-0.05, 0) is 37.3 Å². The van der Waals surface area contributed by atoms with Crippen LogP contribution in [0, 0.1) is 18.3 Å². The van der Waals surface area contributed by atoms with E-state index in [0.29, 0.717) is 5.56 Å². The van der Waals surface area contributed by atoms with Gasteiger partial charge >= 0.3 is 0 Å². The molecule has 0 radical (unpaired) electrons. The second-order valence-electron chi connectivity index (χ2n) is 5.14. The zero-order valence-electron chi connectivity index (χ0n) is 12.1. The Kier molecular flexibility index (Phi) is 3.37. The van der Waals surface area contributed by atoms with E-state index in [4.69, 9.17) is 10.00 Å². The van der Waals surface area contributed by atoms with Crippen molar-refractivity contribution in [1.82, 2.24) is 4.57 Å². The van der Waals surface area contributed by atoms with Gasteiger partial charge in [0.15, 0.2) is 0 Å². The molecule has 21 heavy (non-hydrogen) atoms. The molecule has 1 aromatic heterocycles. The van der Waals surface area contributed by atoms with Crippen molar-refractivity contribution in [1.29, 1.82) is 5.26 Å². The molecule has 3 nitrogen and oxygen atoms in total. The maximum absolute atomic E-state index is 8.96. The van der Waals surface area contributed by atoms with Crippen molar-refractivity contribution in [3.05, 3.63) is 65.4 Å². The van der Waals surface area contributed by atoms with Crippen LogP contribution in [-0.2, 0) is 6.54 Å². The van der Waals surface area contributed by atoms with E-state index in [2.05, 4.69) is 29.7 Å². The molecule has 0 aliphatic carbocycles. The molecular weight excluding hydrogens is 260 g/mol. The van der Waals surface area contributed by atoms with Gasteiger partial charge in [0, 0.05) is 22.7 Å². The van der Waals surface area contributed by atoms with Crippen LogP contribution < -0.4 is 4.74 Å². The number of hydrogen-bond acceptors (Lipinski definition) is 2. The van der Waals surface area contributed by atoms with Gasteiger partial charge in [0.25, 0.3) is 0 Å². The normalized spacial score (nSPS) is 10.5. The SMILES string of the molecule is COc1ccc(C)cc1Cn1ccc2cc(C#N)ccc21. The van der Waals surface area contributed by atoms with Gasteiger partial charge in [-0.3, -0.25) is 0 Å². The van der Waals surface area contributed by atoms with Crippen LogP contribution in [0.4, 0.5) is 0 Å². The maximum atomic E-state index is 8.96. The van der Waals surface area contributed by atoms with Gasteiger partial charge in [-0.1, -0.05) is 17.7 Å². The Balaban J connectivity index is 2.03. The number of methoxy groups -OCH3 is 1. The first-order valence-electron chi connectivity index (χ1n) is 6.84. The Labute approximate surface area is 124 Å². The van der Waals surface area contributed by atoms with E-state index in [1.807, 2.05) is 36.5 Å². The third-order valence-corrected chi connectivity index (χ3v) is 3.68. The second kappa shape index (κ2) is 5.34. The number of benzene rings is 2. The van der Waals surface area contributed by atoms with Crippen molar-refractivity contribution >= 4 is 10.9 Å². The summed E-state index contributed by atoms with van der Waals surface area (Å²) in [4.78, 5) is 0. The van der Waals surface area contributed by atoms with Gasteiger partial charge in [-0.15, -0.1) is 0 Å². The highest BCUT2D eigenvalue weighted by molar-refractivity contribution is 5.81. The third-order valence-electron chi connectivity index (χ3n) is 3.68. The van der Waals surface area contributed by atoms with Crippen molar-refractivity contribution in [2.24, 2.45) is 0 Å². The zero-order chi connectivity index (χ0) is 14.8. The first-order chi connectivity index (χ1) is 10.2. The quantitative estimate of drug-likeness (QED) is 0.728. The lowest BCUT2D eigenvalue weighted by atomic mass is 10.1. The van der Waals surface area contributed by atoms with Crippen LogP contribution in [0.2, 0.25) is 0 Å². The summed E-state index contributed by atoms with van der Waals surface area (Å²) in [6.07, 6.45) is 2.05. The van der Waals surface area contributed by atoms with E-state index < -0.39 is 0 Å². The Morgan fingerprint density at radius 3 is 2.76 bits per heavy atom. The van der Waals surface area contributed by atoms with E-state index in [1.54, 1.807) is 7.11 Å². The molecule has 0 amide bonds. The van der Waals surface area contributed by atoms with Gasteiger partial charge in [0.05, 0.1) is 25.3 Å². The number of rotatable bonds is 3. The van der Waals surface area contributed by atoms with Crippen LogP contribution in [-0.4, -0.2) is 11.7 Å². The number of aromatic nitrogens is 1. The fraction of sp³-hybridized carbons (Fsp3) is 0.167. The highest BCUT2D eigenvalue weighted by Crippen LogP contribution is 2.24. The number of hydrogen-bond donors (Lipinski definition) is 0. The lowest BCUT2D eigenvalue weighted by Gasteiger charge is -2.11. The maximum Gasteiger partial charge on any atom is 0.123 e. The molecule has 0 aliphatic heterocycles. The molecule has 0 atom stereocenters. The number of fused-ring (bicyclic) bond motifs is 1. The summed E-state index contributed by atoms with van der Waals surface area (Å²) in [6.45, 7) is 2.83. The molecule has 0 saturated carbocycles. The molecule has 0 aliphatic rings. The fourth-order valence-corrected chi connectivity index (χ4v) is 2.62. The Morgan fingerprint density at radius 1 is 1.14 bits per heavy atom. The molecule has 0 saturated heterocycles. The van der Waals surface area contributed by atoms with Crippen molar-refractivity contribution in [3.63, 3.8) is 0 Å².